The molecule has 2 N–H and O–H groups in total. The average molecular weight is 282 g/mol. The van der Waals surface area contributed by atoms with Gasteiger partial charge in [-0.2, -0.15) is 0 Å². The Balaban J connectivity index is 2.11. The lowest BCUT2D eigenvalue weighted by Gasteiger charge is -2.26. The Bertz CT molecular complexity index is 435. The van der Waals surface area contributed by atoms with Crippen LogP contribution in [0.5, 0.6) is 0 Å². The van der Waals surface area contributed by atoms with E-state index in [1.165, 1.54) is 5.56 Å². The summed E-state index contributed by atoms with van der Waals surface area (Å²) in [7, 11) is 3.86. The zero-order valence-electron chi connectivity index (χ0n) is 11.3. The van der Waals surface area contributed by atoms with Crippen LogP contribution in [0.3, 0.4) is 0 Å². The molecule has 104 valence electrons. The van der Waals surface area contributed by atoms with E-state index in [1.807, 2.05) is 24.3 Å². The van der Waals surface area contributed by atoms with Crippen LogP contribution in [0.1, 0.15) is 18.0 Å². The van der Waals surface area contributed by atoms with Crippen molar-refractivity contribution in [3.63, 3.8) is 0 Å². The maximum absolute atomic E-state index is 11.7. The van der Waals surface area contributed by atoms with Crippen LogP contribution in [-0.2, 0) is 4.79 Å². The highest BCUT2D eigenvalue weighted by Crippen LogP contribution is 2.31. The summed E-state index contributed by atoms with van der Waals surface area (Å²) >= 11 is 5.93. The van der Waals surface area contributed by atoms with Crippen molar-refractivity contribution >= 4 is 17.5 Å². The Hall–Kier alpha value is -1.10. The quantitative estimate of drug-likeness (QED) is 0.877. The second kappa shape index (κ2) is 6.37. The fourth-order valence-corrected chi connectivity index (χ4v) is 2.79. The molecule has 4 nitrogen and oxygen atoms in total. The molecule has 0 aromatic heterocycles. The third kappa shape index (κ3) is 3.47. The number of carbonyl (C=O) groups is 1. The number of hydrogen-bond acceptors (Lipinski definition) is 3. The molecule has 2 unspecified atom stereocenters. The van der Waals surface area contributed by atoms with Gasteiger partial charge >= 0.3 is 0 Å². The first-order valence-electron chi connectivity index (χ1n) is 6.51. The fraction of sp³-hybridized carbons (Fsp3) is 0.500. The minimum Gasteiger partial charge on any atom is -0.350 e. The summed E-state index contributed by atoms with van der Waals surface area (Å²) < 4.78 is 0. The minimum atomic E-state index is 0.0433. The van der Waals surface area contributed by atoms with Gasteiger partial charge in [0.05, 0.1) is 12.6 Å². The van der Waals surface area contributed by atoms with E-state index in [2.05, 4.69) is 22.6 Å². The van der Waals surface area contributed by atoms with Crippen LogP contribution in [0, 0.1) is 0 Å². The van der Waals surface area contributed by atoms with E-state index >= 15 is 0 Å². The van der Waals surface area contributed by atoms with Crippen molar-refractivity contribution in [3.05, 3.63) is 34.9 Å². The SMILES string of the molecule is CNCC(=O)NC1CCN(C)C1c1ccc(Cl)cc1. The van der Waals surface area contributed by atoms with Gasteiger partial charge in [-0.05, 0) is 38.2 Å². The number of halogens is 1. The molecule has 1 saturated heterocycles. The lowest BCUT2D eigenvalue weighted by atomic mass is 10.0. The molecule has 0 saturated carbocycles. The van der Waals surface area contributed by atoms with Crippen molar-refractivity contribution in [2.24, 2.45) is 0 Å². The van der Waals surface area contributed by atoms with Gasteiger partial charge in [0.15, 0.2) is 0 Å². The smallest absolute Gasteiger partial charge is 0.234 e. The van der Waals surface area contributed by atoms with Crippen molar-refractivity contribution in [2.75, 3.05) is 27.2 Å². The van der Waals surface area contributed by atoms with Gasteiger partial charge in [0.2, 0.25) is 5.91 Å². The Labute approximate surface area is 119 Å². The minimum absolute atomic E-state index is 0.0433. The topological polar surface area (TPSA) is 44.4 Å². The first-order valence-corrected chi connectivity index (χ1v) is 6.89. The molecular weight excluding hydrogens is 262 g/mol. The molecule has 19 heavy (non-hydrogen) atoms. The monoisotopic (exact) mass is 281 g/mol. The Morgan fingerprint density at radius 2 is 2.11 bits per heavy atom. The van der Waals surface area contributed by atoms with Gasteiger partial charge in [-0.25, -0.2) is 0 Å². The zero-order chi connectivity index (χ0) is 13.8. The second-order valence-corrected chi connectivity index (χ2v) is 5.41. The summed E-state index contributed by atoms with van der Waals surface area (Å²) in [6.07, 6.45) is 0.971. The lowest BCUT2D eigenvalue weighted by Crippen LogP contribution is -2.42. The Morgan fingerprint density at radius 3 is 2.74 bits per heavy atom. The first-order chi connectivity index (χ1) is 9.11. The number of benzene rings is 1. The molecule has 1 amide bonds. The normalized spacial score (nSPS) is 23.5. The third-order valence-corrected chi connectivity index (χ3v) is 3.80. The van der Waals surface area contributed by atoms with Crippen molar-refractivity contribution in [3.8, 4) is 0 Å². The largest absolute Gasteiger partial charge is 0.350 e. The van der Waals surface area contributed by atoms with Crippen molar-refractivity contribution in [2.45, 2.75) is 18.5 Å². The van der Waals surface area contributed by atoms with Crippen LogP contribution in [0.4, 0.5) is 0 Å². The second-order valence-electron chi connectivity index (χ2n) is 4.97. The molecule has 0 spiro atoms. The lowest BCUT2D eigenvalue weighted by molar-refractivity contribution is -0.121. The van der Waals surface area contributed by atoms with Crippen molar-refractivity contribution in [1.29, 1.82) is 0 Å². The van der Waals surface area contributed by atoms with Gasteiger partial charge in [0, 0.05) is 17.6 Å². The van der Waals surface area contributed by atoms with Crippen LogP contribution in [0.15, 0.2) is 24.3 Å². The van der Waals surface area contributed by atoms with Crippen LogP contribution in [0.2, 0.25) is 5.02 Å². The highest BCUT2D eigenvalue weighted by atomic mass is 35.5. The van der Waals surface area contributed by atoms with Gasteiger partial charge in [0.1, 0.15) is 0 Å². The van der Waals surface area contributed by atoms with Gasteiger partial charge in [-0.15, -0.1) is 0 Å². The van der Waals surface area contributed by atoms with E-state index in [0.29, 0.717) is 6.54 Å². The molecule has 1 aliphatic rings. The van der Waals surface area contributed by atoms with Crippen molar-refractivity contribution in [1.82, 2.24) is 15.5 Å². The average Bonchev–Trinajstić information content (AvgIpc) is 2.72. The number of carbonyl (C=O) groups excluding carboxylic acids is 1. The molecule has 0 radical (unpaired) electrons. The number of amides is 1. The highest BCUT2D eigenvalue weighted by Gasteiger charge is 2.33. The zero-order valence-corrected chi connectivity index (χ0v) is 12.1. The maximum atomic E-state index is 11.7. The predicted molar refractivity (Wildman–Crippen MR) is 77.3 cm³/mol. The molecule has 0 bridgehead atoms. The van der Waals surface area contributed by atoms with Crippen molar-refractivity contribution < 1.29 is 4.79 Å². The number of likely N-dealkylation sites (tertiary alicyclic amines) is 1. The van der Waals surface area contributed by atoms with Crippen LogP contribution in [0.25, 0.3) is 0 Å². The van der Waals surface area contributed by atoms with E-state index in [1.54, 1.807) is 7.05 Å². The van der Waals surface area contributed by atoms with Gasteiger partial charge in [0.25, 0.3) is 0 Å². The molecule has 1 aromatic carbocycles. The number of likely N-dealkylation sites (N-methyl/N-ethyl adjacent to an activating group) is 2. The summed E-state index contributed by atoms with van der Waals surface area (Å²) in [5.41, 5.74) is 1.19. The Morgan fingerprint density at radius 1 is 1.42 bits per heavy atom. The van der Waals surface area contributed by atoms with E-state index in [4.69, 9.17) is 11.6 Å². The van der Waals surface area contributed by atoms with E-state index in [-0.39, 0.29) is 18.0 Å². The summed E-state index contributed by atoms with van der Waals surface area (Å²) in [6, 6.07) is 8.24. The van der Waals surface area contributed by atoms with E-state index < -0.39 is 0 Å². The molecule has 2 rings (SSSR count). The molecule has 5 heteroatoms. The maximum Gasteiger partial charge on any atom is 0.234 e. The molecule has 1 fully saturated rings. The van der Waals surface area contributed by atoms with Gasteiger partial charge in [-0.3, -0.25) is 9.69 Å². The van der Waals surface area contributed by atoms with E-state index in [9.17, 15) is 4.79 Å². The van der Waals surface area contributed by atoms with Gasteiger partial charge < -0.3 is 10.6 Å². The summed E-state index contributed by atoms with van der Waals surface area (Å²) in [5.74, 6) is 0.0433. The van der Waals surface area contributed by atoms with Gasteiger partial charge in [-0.1, -0.05) is 23.7 Å². The highest BCUT2D eigenvalue weighted by molar-refractivity contribution is 6.30. The van der Waals surface area contributed by atoms with Crippen LogP contribution in [-0.4, -0.2) is 44.0 Å². The molecule has 0 aliphatic carbocycles. The number of hydrogen-bond donors (Lipinski definition) is 2. The molecular formula is C14H20ClN3O. The molecule has 1 aliphatic heterocycles. The molecule has 1 aromatic rings. The van der Waals surface area contributed by atoms with Crippen LogP contribution >= 0.6 is 11.6 Å². The number of nitrogens with one attached hydrogen (secondary N) is 2. The summed E-state index contributed by atoms with van der Waals surface area (Å²) in [6.45, 7) is 1.34. The standard InChI is InChI=1S/C14H20ClN3O/c1-16-9-13(19)17-12-7-8-18(2)14(12)10-3-5-11(15)6-4-10/h3-6,12,14,16H,7-9H2,1-2H3,(H,17,19). The molecule has 1 heterocycles. The van der Waals surface area contributed by atoms with Crippen LogP contribution < -0.4 is 10.6 Å². The Kier molecular flexibility index (Phi) is 4.80. The molecule has 2 atom stereocenters. The number of nitrogens with zero attached hydrogens (tertiary/aromatic N) is 1. The van der Waals surface area contributed by atoms with E-state index in [0.717, 1.165) is 18.0 Å². The fourth-order valence-electron chi connectivity index (χ4n) is 2.66. The third-order valence-electron chi connectivity index (χ3n) is 3.54. The predicted octanol–water partition coefficient (Wildman–Crippen LogP) is 1.42. The first kappa shape index (κ1) is 14.3. The summed E-state index contributed by atoms with van der Waals surface area (Å²) in [5, 5.41) is 6.71. The number of rotatable bonds is 4. The summed E-state index contributed by atoms with van der Waals surface area (Å²) in [4.78, 5) is 14.0.